The van der Waals surface area contributed by atoms with Crippen LogP contribution in [0.5, 0.6) is 0 Å². The molecule has 1 aromatic carbocycles. The Bertz CT molecular complexity index is 725. The van der Waals surface area contributed by atoms with E-state index < -0.39 is 0 Å². The third-order valence-corrected chi connectivity index (χ3v) is 5.14. The predicted molar refractivity (Wildman–Crippen MR) is 101 cm³/mol. The van der Waals surface area contributed by atoms with E-state index in [-0.39, 0.29) is 12.1 Å². The fourth-order valence-electron chi connectivity index (χ4n) is 3.52. The Balaban J connectivity index is 1.72. The quantitative estimate of drug-likeness (QED) is 0.931. The summed E-state index contributed by atoms with van der Waals surface area (Å²) in [5.74, 6) is 0.525. The van der Waals surface area contributed by atoms with Crippen LogP contribution >= 0.6 is 0 Å². The highest BCUT2D eigenvalue weighted by atomic mass is 16.2. The van der Waals surface area contributed by atoms with Crippen LogP contribution in [0, 0.1) is 12.8 Å². The molecule has 0 bridgehead atoms. The molecule has 3 rings (SSSR count). The summed E-state index contributed by atoms with van der Waals surface area (Å²) in [6.07, 6.45) is 6.61. The second-order valence-electron chi connectivity index (χ2n) is 7.06. The Morgan fingerprint density at radius 1 is 1.36 bits per heavy atom. The molecule has 2 aromatic rings. The molecule has 0 aliphatic carbocycles. The van der Waals surface area contributed by atoms with Gasteiger partial charge in [0, 0.05) is 51.0 Å². The van der Waals surface area contributed by atoms with Crippen LogP contribution in [0.3, 0.4) is 0 Å². The molecule has 1 fully saturated rings. The lowest BCUT2D eigenvalue weighted by Gasteiger charge is -2.37. The molecule has 1 saturated heterocycles. The lowest BCUT2D eigenvalue weighted by atomic mass is 9.93. The number of likely N-dealkylation sites (tertiary alicyclic amines) is 1. The summed E-state index contributed by atoms with van der Waals surface area (Å²) >= 11 is 0. The molecule has 2 heterocycles. The third-order valence-electron chi connectivity index (χ3n) is 5.14. The summed E-state index contributed by atoms with van der Waals surface area (Å²) in [7, 11) is 4.02. The Kier molecular flexibility index (Phi) is 4.97. The first-order valence-corrected chi connectivity index (χ1v) is 8.77. The topological polar surface area (TPSA) is 53.4 Å². The van der Waals surface area contributed by atoms with Gasteiger partial charge in [-0.2, -0.15) is 0 Å². The first-order chi connectivity index (χ1) is 12.0. The second kappa shape index (κ2) is 7.17. The number of piperidine rings is 1. The molecule has 6 heteroatoms. The maximum Gasteiger partial charge on any atom is 0.321 e. The molecular weight excluding hydrogens is 314 g/mol. The summed E-state index contributed by atoms with van der Waals surface area (Å²) < 4.78 is 2.11. The van der Waals surface area contributed by atoms with Crippen LogP contribution in [0.2, 0.25) is 0 Å². The molecule has 6 nitrogen and oxygen atoms in total. The van der Waals surface area contributed by atoms with Gasteiger partial charge in [-0.25, -0.2) is 9.78 Å². The van der Waals surface area contributed by atoms with E-state index in [4.69, 9.17) is 0 Å². The highest BCUT2D eigenvalue weighted by Crippen LogP contribution is 2.29. The van der Waals surface area contributed by atoms with Gasteiger partial charge >= 0.3 is 6.03 Å². The summed E-state index contributed by atoms with van der Waals surface area (Å²) in [5, 5.41) is 3.09. The summed E-state index contributed by atoms with van der Waals surface area (Å²) in [6.45, 7) is 5.77. The number of nitrogens with zero attached hydrogens (tertiary/aromatic N) is 4. The highest BCUT2D eigenvalue weighted by Gasteiger charge is 2.30. The largest absolute Gasteiger partial charge is 0.377 e. The molecule has 1 N–H and O–H groups in total. The Morgan fingerprint density at radius 2 is 2.16 bits per heavy atom. The number of aromatic nitrogens is 2. The molecule has 2 amide bonds. The molecule has 0 saturated carbocycles. The number of hydrogen-bond donors (Lipinski definition) is 1. The van der Waals surface area contributed by atoms with Gasteiger partial charge in [-0.15, -0.1) is 0 Å². The number of carbonyl (C=O) groups excluding carboxylic acids is 1. The molecule has 134 valence electrons. The van der Waals surface area contributed by atoms with E-state index in [0.29, 0.717) is 12.5 Å². The number of nitrogens with one attached hydrogen (secondary N) is 1. The molecule has 0 radical (unpaired) electrons. The van der Waals surface area contributed by atoms with Gasteiger partial charge in [0.05, 0.1) is 12.4 Å². The van der Waals surface area contributed by atoms with Gasteiger partial charge < -0.3 is 19.7 Å². The SMILES string of the molecule is Cc1c(NC(=O)N2CC[C@@H](C)[C@H](n3ccnc3)C2)cccc1N(C)C. The lowest BCUT2D eigenvalue weighted by Crippen LogP contribution is -2.45. The van der Waals surface area contributed by atoms with Crippen molar-refractivity contribution >= 4 is 17.4 Å². The van der Waals surface area contributed by atoms with Crippen LogP contribution in [0.4, 0.5) is 16.2 Å². The maximum atomic E-state index is 12.8. The molecule has 1 aromatic heterocycles. The van der Waals surface area contributed by atoms with E-state index >= 15 is 0 Å². The number of benzene rings is 1. The highest BCUT2D eigenvalue weighted by molar-refractivity contribution is 5.91. The van der Waals surface area contributed by atoms with Crippen molar-refractivity contribution in [1.29, 1.82) is 0 Å². The Labute approximate surface area is 149 Å². The average molecular weight is 341 g/mol. The number of imidazole rings is 1. The van der Waals surface area contributed by atoms with E-state index in [0.717, 1.165) is 29.9 Å². The maximum absolute atomic E-state index is 12.8. The van der Waals surface area contributed by atoms with E-state index in [9.17, 15) is 4.79 Å². The minimum atomic E-state index is -0.0315. The van der Waals surface area contributed by atoms with Crippen LogP contribution < -0.4 is 10.2 Å². The predicted octanol–water partition coefficient (Wildman–Crippen LogP) is 3.37. The number of anilines is 2. The normalized spacial score (nSPS) is 20.4. The minimum Gasteiger partial charge on any atom is -0.377 e. The minimum absolute atomic E-state index is 0.0315. The van der Waals surface area contributed by atoms with Crippen LogP contribution in [-0.2, 0) is 0 Å². The van der Waals surface area contributed by atoms with Gasteiger partial charge in [-0.3, -0.25) is 0 Å². The Morgan fingerprint density at radius 3 is 2.84 bits per heavy atom. The van der Waals surface area contributed by atoms with Crippen molar-refractivity contribution in [2.75, 3.05) is 37.4 Å². The Hall–Kier alpha value is -2.50. The van der Waals surface area contributed by atoms with E-state index in [1.165, 1.54) is 0 Å². The van der Waals surface area contributed by atoms with E-state index in [2.05, 4.69) is 32.8 Å². The molecule has 25 heavy (non-hydrogen) atoms. The van der Waals surface area contributed by atoms with Crippen molar-refractivity contribution in [3.63, 3.8) is 0 Å². The number of carbonyl (C=O) groups is 1. The first kappa shape index (κ1) is 17.3. The zero-order valence-corrected chi connectivity index (χ0v) is 15.4. The zero-order chi connectivity index (χ0) is 18.0. The van der Waals surface area contributed by atoms with Crippen molar-refractivity contribution in [2.24, 2.45) is 5.92 Å². The lowest BCUT2D eigenvalue weighted by molar-refractivity contribution is 0.149. The molecule has 2 atom stereocenters. The molecule has 0 unspecified atom stereocenters. The molecule has 1 aliphatic heterocycles. The average Bonchev–Trinajstić information content (AvgIpc) is 3.11. The van der Waals surface area contributed by atoms with Crippen molar-refractivity contribution < 1.29 is 4.79 Å². The van der Waals surface area contributed by atoms with Crippen molar-refractivity contribution in [1.82, 2.24) is 14.5 Å². The van der Waals surface area contributed by atoms with Crippen molar-refractivity contribution in [3.8, 4) is 0 Å². The van der Waals surface area contributed by atoms with Crippen LogP contribution in [0.15, 0.2) is 36.9 Å². The van der Waals surface area contributed by atoms with E-state index in [1.807, 2.05) is 50.6 Å². The molecular formula is C19H27N5O. The van der Waals surface area contributed by atoms with Gasteiger partial charge in [-0.05, 0) is 37.0 Å². The fraction of sp³-hybridized carbons (Fsp3) is 0.474. The van der Waals surface area contributed by atoms with Crippen LogP contribution in [0.25, 0.3) is 0 Å². The van der Waals surface area contributed by atoms with Crippen LogP contribution in [0.1, 0.15) is 24.9 Å². The van der Waals surface area contributed by atoms with Crippen molar-refractivity contribution in [3.05, 3.63) is 42.5 Å². The summed E-state index contributed by atoms with van der Waals surface area (Å²) in [4.78, 5) is 20.9. The molecule has 1 aliphatic rings. The zero-order valence-electron chi connectivity index (χ0n) is 15.4. The molecule has 0 spiro atoms. The van der Waals surface area contributed by atoms with Gasteiger partial charge in [0.2, 0.25) is 0 Å². The number of rotatable bonds is 3. The number of urea groups is 1. The van der Waals surface area contributed by atoms with Crippen LogP contribution in [-0.4, -0.2) is 47.7 Å². The van der Waals surface area contributed by atoms with Gasteiger partial charge in [-0.1, -0.05) is 13.0 Å². The van der Waals surface area contributed by atoms with Gasteiger partial charge in [0.15, 0.2) is 0 Å². The number of hydrogen-bond acceptors (Lipinski definition) is 3. The van der Waals surface area contributed by atoms with E-state index in [1.54, 1.807) is 6.20 Å². The summed E-state index contributed by atoms with van der Waals surface area (Å²) in [6, 6.07) is 6.24. The second-order valence-corrected chi connectivity index (χ2v) is 7.06. The summed E-state index contributed by atoms with van der Waals surface area (Å²) in [5.41, 5.74) is 3.06. The first-order valence-electron chi connectivity index (χ1n) is 8.77. The standard InChI is InChI=1S/C19H27N5O/c1-14-8-10-23(12-18(14)24-11-9-20-13-24)19(25)21-16-6-5-7-17(15(16)2)22(3)4/h5-7,9,11,13-14,18H,8,10,12H2,1-4H3,(H,21,25)/t14-,18-/m1/s1. The van der Waals surface area contributed by atoms with Gasteiger partial charge in [0.25, 0.3) is 0 Å². The smallest absolute Gasteiger partial charge is 0.321 e. The fourth-order valence-corrected chi connectivity index (χ4v) is 3.52. The van der Waals surface area contributed by atoms with Crippen molar-refractivity contribution in [2.45, 2.75) is 26.3 Å². The third kappa shape index (κ3) is 3.62. The number of amides is 2. The monoisotopic (exact) mass is 341 g/mol. The van der Waals surface area contributed by atoms with Gasteiger partial charge in [0.1, 0.15) is 0 Å².